The Kier molecular flexibility index (Phi) is 4.01. The molecule has 5 heteroatoms. The molecule has 0 saturated carbocycles. The van der Waals surface area contributed by atoms with Crippen LogP contribution in [0.1, 0.15) is 26.2 Å². The molecule has 0 N–H and O–H groups in total. The van der Waals surface area contributed by atoms with Crippen molar-refractivity contribution < 1.29 is 8.42 Å². The van der Waals surface area contributed by atoms with Gasteiger partial charge >= 0.3 is 0 Å². The lowest BCUT2D eigenvalue weighted by atomic mass is 10.2. The second-order valence-corrected chi connectivity index (χ2v) is 6.52. The summed E-state index contributed by atoms with van der Waals surface area (Å²) in [5.74, 6) is 0.0950. The number of likely N-dealkylation sites (tertiary alicyclic amines) is 1. The molecular weight excluding hydrogens is 210 g/mol. The van der Waals surface area contributed by atoms with Crippen molar-refractivity contribution in [2.45, 2.75) is 32.2 Å². The Balaban J connectivity index is 2.19. The first-order chi connectivity index (χ1) is 5.99. The number of rotatable bonds is 4. The lowest BCUT2D eigenvalue weighted by molar-refractivity contribution is 0.270. The number of nitrogens with zero attached hydrogens (tertiary/aromatic N) is 1. The molecule has 0 radical (unpaired) electrons. The predicted octanol–water partition coefficient (Wildman–Crippen LogP) is 1.43. The van der Waals surface area contributed by atoms with E-state index in [1.807, 2.05) is 0 Å². The van der Waals surface area contributed by atoms with Gasteiger partial charge in [-0.05, 0) is 39.3 Å². The van der Waals surface area contributed by atoms with E-state index in [1.165, 1.54) is 12.8 Å². The van der Waals surface area contributed by atoms with Crippen LogP contribution in [0.3, 0.4) is 0 Å². The molecule has 1 aliphatic rings. The van der Waals surface area contributed by atoms with Crippen LogP contribution in [-0.2, 0) is 9.05 Å². The maximum absolute atomic E-state index is 10.6. The highest BCUT2D eigenvalue weighted by Gasteiger charge is 2.19. The number of hydrogen-bond acceptors (Lipinski definition) is 3. The predicted molar refractivity (Wildman–Crippen MR) is 54.5 cm³/mol. The minimum absolute atomic E-state index is 0.0950. The zero-order chi connectivity index (χ0) is 9.90. The molecule has 0 aliphatic carbocycles. The molecule has 3 nitrogen and oxygen atoms in total. The fourth-order valence-electron chi connectivity index (χ4n) is 1.76. The summed E-state index contributed by atoms with van der Waals surface area (Å²) < 4.78 is 21.3. The van der Waals surface area contributed by atoms with Crippen molar-refractivity contribution >= 4 is 19.7 Å². The molecule has 1 heterocycles. The molecule has 13 heavy (non-hydrogen) atoms. The van der Waals surface area contributed by atoms with Crippen LogP contribution in [-0.4, -0.2) is 38.2 Å². The Morgan fingerprint density at radius 1 is 1.54 bits per heavy atom. The summed E-state index contributed by atoms with van der Waals surface area (Å²) >= 11 is 0. The average molecular weight is 226 g/mol. The molecule has 1 atom stereocenters. The molecule has 0 spiro atoms. The van der Waals surface area contributed by atoms with Gasteiger partial charge in [0.25, 0.3) is 0 Å². The van der Waals surface area contributed by atoms with Crippen LogP contribution >= 0.6 is 10.7 Å². The van der Waals surface area contributed by atoms with E-state index in [2.05, 4.69) is 11.8 Å². The van der Waals surface area contributed by atoms with Crippen molar-refractivity contribution in [3.8, 4) is 0 Å². The molecule has 1 rings (SSSR count). The average Bonchev–Trinajstić information content (AvgIpc) is 2.34. The third-order valence-corrected chi connectivity index (χ3v) is 3.76. The van der Waals surface area contributed by atoms with Crippen molar-refractivity contribution in [3.05, 3.63) is 0 Å². The van der Waals surface area contributed by atoms with Gasteiger partial charge in [-0.15, -0.1) is 0 Å². The van der Waals surface area contributed by atoms with E-state index in [4.69, 9.17) is 10.7 Å². The Hall–Kier alpha value is 0.200. The molecule has 0 aromatic rings. The fourth-order valence-corrected chi connectivity index (χ4v) is 2.57. The smallest absolute Gasteiger partial charge is 0.232 e. The highest BCUT2D eigenvalue weighted by atomic mass is 35.7. The summed E-state index contributed by atoms with van der Waals surface area (Å²) in [6.07, 6.45) is 3.11. The van der Waals surface area contributed by atoms with Gasteiger partial charge in [-0.3, -0.25) is 0 Å². The Bertz CT molecular complexity index is 253. The van der Waals surface area contributed by atoms with Crippen molar-refractivity contribution in [1.82, 2.24) is 4.90 Å². The third-order valence-electron chi connectivity index (χ3n) is 2.52. The monoisotopic (exact) mass is 225 g/mol. The van der Waals surface area contributed by atoms with Crippen LogP contribution in [0.2, 0.25) is 0 Å². The quantitative estimate of drug-likeness (QED) is 0.680. The molecule has 0 aromatic carbocycles. The van der Waals surface area contributed by atoms with Gasteiger partial charge in [0.15, 0.2) is 0 Å². The minimum Gasteiger partial charge on any atom is -0.301 e. The van der Waals surface area contributed by atoms with E-state index in [-0.39, 0.29) is 5.75 Å². The summed E-state index contributed by atoms with van der Waals surface area (Å²) in [4.78, 5) is 2.32. The lowest BCUT2D eigenvalue weighted by Crippen LogP contribution is -2.28. The zero-order valence-electron chi connectivity index (χ0n) is 7.87. The fraction of sp³-hybridized carbons (Fsp3) is 1.00. The van der Waals surface area contributed by atoms with Crippen LogP contribution in [0, 0.1) is 0 Å². The van der Waals surface area contributed by atoms with Crippen molar-refractivity contribution in [1.29, 1.82) is 0 Å². The Morgan fingerprint density at radius 3 is 2.69 bits per heavy atom. The topological polar surface area (TPSA) is 37.4 Å². The molecule has 1 unspecified atom stereocenters. The lowest BCUT2D eigenvalue weighted by Gasteiger charge is -2.20. The van der Waals surface area contributed by atoms with Gasteiger partial charge in [0.05, 0.1) is 5.75 Å². The van der Waals surface area contributed by atoms with E-state index in [0.717, 1.165) is 13.1 Å². The van der Waals surface area contributed by atoms with Gasteiger partial charge in [-0.25, -0.2) is 8.42 Å². The van der Waals surface area contributed by atoms with Crippen molar-refractivity contribution in [2.75, 3.05) is 18.8 Å². The standard InChI is InChI=1S/C8H16ClNO2S/c1-8-4-2-5-10(8)6-3-7-13(9,11)12/h8H,2-7H2,1H3. The number of halogens is 1. The van der Waals surface area contributed by atoms with Gasteiger partial charge in [-0.2, -0.15) is 0 Å². The second-order valence-electron chi connectivity index (χ2n) is 3.62. The summed E-state index contributed by atoms with van der Waals surface area (Å²) in [6, 6.07) is 0.609. The Labute approximate surface area is 84.5 Å². The van der Waals surface area contributed by atoms with Gasteiger partial charge < -0.3 is 4.90 Å². The maximum atomic E-state index is 10.6. The molecule has 1 saturated heterocycles. The van der Waals surface area contributed by atoms with Crippen LogP contribution < -0.4 is 0 Å². The molecular formula is C8H16ClNO2S. The van der Waals surface area contributed by atoms with Crippen LogP contribution in [0.5, 0.6) is 0 Å². The summed E-state index contributed by atoms with van der Waals surface area (Å²) in [7, 11) is 1.82. The highest BCUT2D eigenvalue weighted by molar-refractivity contribution is 8.13. The van der Waals surface area contributed by atoms with E-state index >= 15 is 0 Å². The summed E-state index contributed by atoms with van der Waals surface area (Å²) in [5, 5.41) is 0. The van der Waals surface area contributed by atoms with E-state index in [0.29, 0.717) is 12.5 Å². The second kappa shape index (κ2) is 4.62. The van der Waals surface area contributed by atoms with E-state index < -0.39 is 9.05 Å². The van der Waals surface area contributed by atoms with Crippen LogP contribution in [0.15, 0.2) is 0 Å². The minimum atomic E-state index is -3.29. The molecule has 1 aliphatic heterocycles. The van der Waals surface area contributed by atoms with Crippen LogP contribution in [0.4, 0.5) is 0 Å². The van der Waals surface area contributed by atoms with Gasteiger partial charge in [-0.1, -0.05) is 0 Å². The SMILES string of the molecule is CC1CCCN1CCCS(=O)(=O)Cl. The molecule has 78 valence electrons. The first-order valence-electron chi connectivity index (χ1n) is 4.65. The first kappa shape index (κ1) is 11.3. The summed E-state index contributed by atoms with van der Waals surface area (Å²) in [6.45, 7) is 4.14. The van der Waals surface area contributed by atoms with E-state index in [9.17, 15) is 8.42 Å². The van der Waals surface area contributed by atoms with Gasteiger partial charge in [0.2, 0.25) is 9.05 Å². The van der Waals surface area contributed by atoms with Crippen molar-refractivity contribution in [3.63, 3.8) is 0 Å². The zero-order valence-corrected chi connectivity index (χ0v) is 9.44. The maximum Gasteiger partial charge on any atom is 0.232 e. The molecule has 0 aromatic heterocycles. The first-order valence-corrected chi connectivity index (χ1v) is 7.13. The largest absolute Gasteiger partial charge is 0.301 e. The van der Waals surface area contributed by atoms with Gasteiger partial charge in [0, 0.05) is 16.7 Å². The van der Waals surface area contributed by atoms with Gasteiger partial charge in [0.1, 0.15) is 0 Å². The van der Waals surface area contributed by atoms with Crippen molar-refractivity contribution in [2.24, 2.45) is 0 Å². The normalized spacial score (nSPS) is 25.2. The Morgan fingerprint density at radius 2 is 2.23 bits per heavy atom. The third kappa shape index (κ3) is 4.29. The molecule has 1 fully saturated rings. The number of hydrogen-bond donors (Lipinski definition) is 0. The summed E-state index contributed by atoms with van der Waals surface area (Å²) in [5.41, 5.74) is 0. The van der Waals surface area contributed by atoms with Crippen LogP contribution in [0.25, 0.3) is 0 Å². The highest BCUT2D eigenvalue weighted by Crippen LogP contribution is 2.16. The molecule has 0 amide bonds. The van der Waals surface area contributed by atoms with E-state index in [1.54, 1.807) is 0 Å². The molecule has 0 bridgehead atoms.